The van der Waals surface area contributed by atoms with Gasteiger partial charge in [0, 0.05) is 13.0 Å². The van der Waals surface area contributed by atoms with Gasteiger partial charge in [-0.1, -0.05) is 39.0 Å². The van der Waals surface area contributed by atoms with Crippen molar-refractivity contribution in [2.24, 2.45) is 0 Å². The first-order valence-electron chi connectivity index (χ1n) is 7.14. The number of esters is 1. The molecule has 106 valence electrons. The molecule has 4 nitrogen and oxygen atoms in total. The lowest BCUT2D eigenvalue weighted by Gasteiger charge is -2.04. The number of rotatable bonds is 13. The van der Waals surface area contributed by atoms with E-state index in [1.54, 1.807) is 0 Å². The van der Waals surface area contributed by atoms with E-state index in [1.807, 2.05) is 0 Å². The highest BCUT2D eigenvalue weighted by atomic mass is 16.5. The zero-order chi connectivity index (χ0) is 13.5. The van der Waals surface area contributed by atoms with Crippen LogP contribution >= 0.6 is 0 Å². The van der Waals surface area contributed by atoms with Gasteiger partial charge in [-0.05, 0) is 19.3 Å². The van der Waals surface area contributed by atoms with Crippen LogP contribution in [0.3, 0.4) is 0 Å². The van der Waals surface area contributed by atoms with Crippen LogP contribution in [0.2, 0.25) is 0 Å². The SMILES string of the molecule is CCCCCCOC(=O)CCCCCCNC=O. The minimum Gasteiger partial charge on any atom is -0.466 e. The van der Waals surface area contributed by atoms with Crippen LogP contribution in [0, 0.1) is 0 Å². The molecule has 0 atom stereocenters. The maximum atomic E-state index is 11.3. The van der Waals surface area contributed by atoms with Gasteiger partial charge in [0.25, 0.3) is 0 Å². The van der Waals surface area contributed by atoms with Crippen LogP contribution in [0.15, 0.2) is 0 Å². The number of ether oxygens (including phenoxy) is 1. The molecule has 0 radical (unpaired) electrons. The summed E-state index contributed by atoms with van der Waals surface area (Å²) in [5.41, 5.74) is 0. The van der Waals surface area contributed by atoms with Crippen molar-refractivity contribution in [2.75, 3.05) is 13.2 Å². The Bertz CT molecular complexity index is 207. The summed E-state index contributed by atoms with van der Waals surface area (Å²) in [7, 11) is 0. The fraction of sp³-hybridized carbons (Fsp3) is 0.857. The molecule has 4 heteroatoms. The predicted octanol–water partition coefficient (Wildman–Crippen LogP) is 2.81. The summed E-state index contributed by atoms with van der Waals surface area (Å²) in [6.45, 7) is 3.46. The third-order valence-electron chi connectivity index (χ3n) is 2.80. The van der Waals surface area contributed by atoms with Crippen molar-refractivity contribution in [1.29, 1.82) is 0 Å². The van der Waals surface area contributed by atoms with Crippen molar-refractivity contribution >= 4 is 12.4 Å². The number of hydrogen-bond acceptors (Lipinski definition) is 3. The topological polar surface area (TPSA) is 55.4 Å². The minimum absolute atomic E-state index is 0.0717. The molecule has 18 heavy (non-hydrogen) atoms. The summed E-state index contributed by atoms with van der Waals surface area (Å²) >= 11 is 0. The smallest absolute Gasteiger partial charge is 0.305 e. The average molecular weight is 257 g/mol. The van der Waals surface area contributed by atoms with Gasteiger partial charge in [0.2, 0.25) is 6.41 Å². The largest absolute Gasteiger partial charge is 0.466 e. The van der Waals surface area contributed by atoms with Crippen LogP contribution in [-0.4, -0.2) is 25.5 Å². The second-order valence-electron chi connectivity index (χ2n) is 4.52. The molecule has 0 aromatic heterocycles. The lowest BCUT2D eigenvalue weighted by Crippen LogP contribution is -2.11. The van der Waals surface area contributed by atoms with E-state index in [9.17, 15) is 9.59 Å². The molecule has 0 spiro atoms. The van der Waals surface area contributed by atoms with Crippen molar-refractivity contribution in [2.45, 2.75) is 64.7 Å². The van der Waals surface area contributed by atoms with Crippen molar-refractivity contribution < 1.29 is 14.3 Å². The number of amides is 1. The van der Waals surface area contributed by atoms with E-state index in [0.717, 1.165) is 51.5 Å². The van der Waals surface area contributed by atoms with Gasteiger partial charge < -0.3 is 10.1 Å². The minimum atomic E-state index is -0.0717. The summed E-state index contributed by atoms with van der Waals surface area (Å²) < 4.78 is 5.14. The third-order valence-corrected chi connectivity index (χ3v) is 2.80. The Morgan fingerprint density at radius 1 is 1.06 bits per heavy atom. The molecule has 0 aliphatic carbocycles. The summed E-state index contributed by atoms with van der Waals surface area (Å²) in [4.78, 5) is 21.3. The van der Waals surface area contributed by atoms with Gasteiger partial charge in [0.15, 0.2) is 0 Å². The zero-order valence-electron chi connectivity index (χ0n) is 11.6. The molecule has 0 aliphatic heterocycles. The molecule has 0 bridgehead atoms. The molecule has 0 saturated heterocycles. The molecule has 1 N–H and O–H groups in total. The number of carbonyl (C=O) groups is 2. The number of nitrogens with one attached hydrogen (secondary N) is 1. The Morgan fingerprint density at radius 3 is 2.50 bits per heavy atom. The first-order valence-corrected chi connectivity index (χ1v) is 7.14. The zero-order valence-corrected chi connectivity index (χ0v) is 11.6. The molecule has 0 aromatic carbocycles. The fourth-order valence-electron chi connectivity index (χ4n) is 1.70. The van der Waals surface area contributed by atoms with Gasteiger partial charge >= 0.3 is 5.97 Å². The molecule has 0 rings (SSSR count). The van der Waals surface area contributed by atoms with Gasteiger partial charge in [0.05, 0.1) is 6.61 Å². The van der Waals surface area contributed by atoms with Crippen LogP contribution in [0.25, 0.3) is 0 Å². The average Bonchev–Trinajstić information content (AvgIpc) is 2.37. The maximum Gasteiger partial charge on any atom is 0.305 e. The molecular formula is C14H27NO3. The third kappa shape index (κ3) is 13.0. The van der Waals surface area contributed by atoms with E-state index < -0.39 is 0 Å². The molecular weight excluding hydrogens is 230 g/mol. The van der Waals surface area contributed by atoms with Crippen LogP contribution in [-0.2, 0) is 14.3 Å². The molecule has 0 aliphatic rings. The first kappa shape index (κ1) is 16.9. The Kier molecular flexibility index (Phi) is 13.2. The highest BCUT2D eigenvalue weighted by molar-refractivity contribution is 5.69. The van der Waals surface area contributed by atoms with Crippen LogP contribution in [0.1, 0.15) is 64.7 Å². The molecule has 0 aromatic rings. The van der Waals surface area contributed by atoms with Gasteiger partial charge in [-0.25, -0.2) is 0 Å². The Balaban J connectivity index is 3.14. The van der Waals surface area contributed by atoms with Crippen molar-refractivity contribution in [1.82, 2.24) is 5.32 Å². The normalized spacial score (nSPS) is 10.1. The maximum absolute atomic E-state index is 11.3. The van der Waals surface area contributed by atoms with E-state index in [2.05, 4.69) is 12.2 Å². The standard InChI is InChI=1S/C14H27NO3/c1-2-3-4-9-12-18-14(17)10-7-5-6-8-11-15-13-16/h13H,2-12H2,1H3,(H,15,16). The highest BCUT2D eigenvalue weighted by Gasteiger charge is 2.01. The van der Waals surface area contributed by atoms with Crippen molar-refractivity contribution in [3.05, 3.63) is 0 Å². The number of unbranched alkanes of at least 4 members (excludes halogenated alkanes) is 6. The number of hydrogen-bond donors (Lipinski definition) is 1. The summed E-state index contributed by atoms with van der Waals surface area (Å²) in [5, 5.41) is 2.62. The van der Waals surface area contributed by atoms with E-state index >= 15 is 0 Å². The van der Waals surface area contributed by atoms with Crippen molar-refractivity contribution in [3.63, 3.8) is 0 Å². The molecule has 0 unspecified atom stereocenters. The monoisotopic (exact) mass is 257 g/mol. The Labute approximate surface area is 110 Å². The molecule has 1 amide bonds. The summed E-state index contributed by atoms with van der Waals surface area (Å²) in [5.74, 6) is -0.0717. The highest BCUT2D eigenvalue weighted by Crippen LogP contribution is 2.05. The first-order chi connectivity index (χ1) is 8.81. The van der Waals surface area contributed by atoms with E-state index in [4.69, 9.17) is 4.74 Å². The second-order valence-corrected chi connectivity index (χ2v) is 4.52. The van der Waals surface area contributed by atoms with Gasteiger partial charge in [0.1, 0.15) is 0 Å². The summed E-state index contributed by atoms with van der Waals surface area (Å²) in [6.07, 6.45) is 9.71. The van der Waals surface area contributed by atoms with Crippen LogP contribution in [0.4, 0.5) is 0 Å². The fourth-order valence-corrected chi connectivity index (χ4v) is 1.70. The molecule has 0 saturated carbocycles. The van der Waals surface area contributed by atoms with Gasteiger partial charge in [-0.2, -0.15) is 0 Å². The predicted molar refractivity (Wildman–Crippen MR) is 72.3 cm³/mol. The number of carbonyl (C=O) groups excluding carboxylic acids is 2. The van der Waals surface area contributed by atoms with Crippen LogP contribution in [0.5, 0.6) is 0 Å². The van der Waals surface area contributed by atoms with Crippen molar-refractivity contribution in [3.8, 4) is 0 Å². The quantitative estimate of drug-likeness (QED) is 0.313. The summed E-state index contributed by atoms with van der Waals surface area (Å²) in [6, 6.07) is 0. The molecule has 0 heterocycles. The Hall–Kier alpha value is -1.06. The van der Waals surface area contributed by atoms with E-state index in [1.165, 1.54) is 12.8 Å². The second kappa shape index (κ2) is 14.0. The molecule has 0 fully saturated rings. The lowest BCUT2D eigenvalue weighted by atomic mass is 10.1. The van der Waals surface area contributed by atoms with E-state index in [0.29, 0.717) is 13.0 Å². The lowest BCUT2D eigenvalue weighted by molar-refractivity contribution is -0.143. The van der Waals surface area contributed by atoms with Gasteiger partial charge in [-0.15, -0.1) is 0 Å². The Morgan fingerprint density at radius 2 is 1.78 bits per heavy atom. The van der Waals surface area contributed by atoms with Crippen LogP contribution < -0.4 is 5.32 Å². The van der Waals surface area contributed by atoms with E-state index in [-0.39, 0.29) is 5.97 Å². The van der Waals surface area contributed by atoms with Gasteiger partial charge in [-0.3, -0.25) is 9.59 Å².